The van der Waals surface area contributed by atoms with Crippen LogP contribution in [-0.2, 0) is 4.79 Å². The Hall–Kier alpha value is -1.91. The Morgan fingerprint density at radius 1 is 1.43 bits per heavy atom. The van der Waals surface area contributed by atoms with Gasteiger partial charge in [0, 0.05) is 0 Å². The van der Waals surface area contributed by atoms with Crippen LogP contribution in [0.15, 0.2) is 23.2 Å². The van der Waals surface area contributed by atoms with E-state index in [2.05, 4.69) is 4.99 Å². The monoisotopic (exact) mass is 186 g/mol. The molecule has 3 heteroatoms. The van der Waals surface area contributed by atoms with Crippen molar-refractivity contribution in [3.05, 3.63) is 34.9 Å². The molecule has 14 heavy (non-hydrogen) atoms. The van der Waals surface area contributed by atoms with E-state index in [1.54, 1.807) is 0 Å². The highest BCUT2D eigenvalue weighted by Gasteiger charge is 2.11. The average Bonchev–Trinajstić information content (AvgIpc) is 2.18. The van der Waals surface area contributed by atoms with Gasteiger partial charge < -0.3 is 0 Å². The molecule has 1 atom stereocenters. The predicted molar refractivity (Wildman–Crippen MR) is 52.4 cm³/mol. The van der Waals surface area contributed by atoms with E-state index in [1.807, 2.05) is 38.1 Å². The Balaban J connectivity index is 3.23. The van der Waals surface area contributed by atoms with Gasteiger partial charge in [-0.25, -0.2) is 4.79 Å². The second-order valence-electron chi connectivity index (χ2n) is 3.11. The number of nitriles is 1. The predicted octanol–water partition coefficient (Wildman–Crippen LogP) is 2.20. The number of isocyanates is 1. The van der Waals surface area contributed by atoms with Gasteiger partial charge in [-0.05, 0) is 25.0 Å². The highest BCUT2D eigenvalue weighted by atomic mass is 16.1. The molecule has 0 aliphatic carbocycles. The number of hydrogen-bond donors (Lipinski definition) is 0. The van der Waals surface area contributed by atoms with Crippen molar-refractivity contribution in [1.29, 1.82) is 5.26 Å². The van der Waals surface area contributed by atoms with E-state index in [0.717, 1.165) is 16.7 Å². The summed E-state index contributed by atoms with van der Waals surface area (Å²) in [5.74, 6) is 0. The van der Waals surface area contributed by atoms with E-state index in [-0.39, 0.29) is 0 Å². The lowest BCUT2D eigenvalue weighted by atomic mass is 10.0. The molecule has 0 spiro atoms. The van der Waals surface area contributed by atoms with Crippen LogP contribution in [0.3, 0.4) is 0 Å². The van der Waals surface area contributed by atoms with Crippen LogP contribution in [-0.4, -0.2) is 6.08 Å². The minimum absolute atomic E-state index is 0.729. The second kappa shape index (κ2) is 4.36. The summed E-state index contributed by atoms with van der Waals surface area (Å²) in [5, 5.41) is 8.80. The number of nitrogens with zero attached hydrogens (tertiary/aromatic N) is 2. The molecule has 0 fully saturated rings. The lowest BCUT2D eigenvalue weighted by Gasteiger charge is -2.07. The highest BCUT2D eigenvalue weighted by Crippen LogP contribution is 2.21. The van der Waals surface area contributed by atoms with E-state index in [0.29, 0.717) is 0 Å². The van der Waals surface area contributed by atoms with Crippen molar-refractivity contribution in [3.63, 3.8) is 0 Å². The van der Waals surface area contributed by atoms with Crippen LogP contribution in [0.4, 0.5) is 0 Å². The van der Waals surface area contributed by atoms with E-state index in [9.17, 15) is 4.79 Å². The molecule has 0 bridgehead atoms. The lowest BCUT2D eigenvalue weighted by Crippen LogP contribution is -1.95. The Kier molecular flexibility index (Phi) is 3.17. The Morgan fingerprint density at radius 3 is 2.71 bits per heavy atom. The molecule has 0 aromatic heterocycles. The maximum absolute atomic E-state index is 10.1. The first-order chi connectivity index (χ1) is 6.69. The van der Waals surface area contributed by atoms with Crippen LogP contribution >= 0.6 is 0 Å². The van der Waals surface area contributed by atoms with Crippen molar-refractivity contribution >= 4 is 6.08 Å². The molecule has 70 valence electrons. The first kappa shape index (κ1) is 10.2. The molecule has 0 aliphatic rings. The van der Waals surface area contributed by atoms with Crippen molar-refractivity contribution in [2.75, 3.05) is 0 Å². The number of hydrogen-bond acceptors (Lipinski definition) is 3. The Morgan fingerprint density at radius 2 is 2.14 bits per heavy atom. The van der Waals surface area contributed by atoms with E-state index < -0.39 is 6.04 Å². The van der Waals surface area contributed by atoms with Crippen molar-refractivity contribution < 1.29 is 4.79 Å². The molecule has 1 rings (SSSR count). The molecule has 0 saturated heterocycles. The zero-order valence-electron chi connectivity index (χ0n) is 8.11. The number of carbonyl (C=O) groups excluding carboxylic acids is 1. The largest absolute Gasteiger partial charge is 0.236 e. The maximum atomic E-state index is 10.1. The lowest BCUT2D eigenvalue weighted by molar-refractivity contribution is 0.561. The molecule has 1 aromatic rings. The van der Waals surface area contributed by atoms with E-state index in [4.69, 9.17) is 5.26 Å². The third-order valence-electron chi connectivity index (χ3n) is 2.03. The quantitative estimate of drug-likeness (QED) is 0.525. The third kappa shape index (κ3) is 2.07. The number of aryl methyl sites for hydroxylation is 2. The molecular weight excluding hydrogens is 176 g/mol. The number of aliphatic imine (C=N–C) groups is 1. The Labute approximate surface area is 82.7 Å². The minimum atomic E-state index is -0.729. The molecule has 0 N–H and O–H groups in total. The summed E-state index contributed by atoms with van der Waals surface area (Å²) < 4.78 is 0. The fourth-order valence-corrected chi connectivity index (χ4v) is 1.28. The van der Waals surface area contributed by atoms with Crippen LogP contribution < -0.4 is 0 Å². The van der Waals surface area contributed by atoms with Crippen molar-refractivity contribution in [1.82, 2.24) is 0 Å². The zero-order chi connectivity index (χ0) is 10.6. The summed E-state index contributed by atoms with van der Waals surface area (Å²) in [6.45, 7) is 3.82. The van der Waals surface area contributed by atoms with Gasteiger partial charge in [0.25, 0.3) is 0 Å². The molecule has 1 aromatic carbocycles. The summed E-state index contributed by atoms with van der Waals surface area (Å²) in [6.07, 6.45) is 1.42. The summed E-state index contributed by atoms with van der Waals surface area (Å²) in [7, 11) is 0. The maximum Gasteiger partial charge on any atom is 0.236 e. The van der Waals surface area contributed by atoms with Gasteiger partial charge in [-0.2, -0.15) is 10.3 Å². The van der Waals surface area contributed by atoms with Crippen molar-refractivity contribution in [2.24, 2.45) is 4.99 Å². The summed E-state index contributed by atoms with van der Waals surface area (Å²) in [4.78, 5) is 13.5. The normalized spacial score (nSPS) is 11.2. The second-order valence-corrected chi connectivity index (χ2v) is 3.11. The van der Waals surface area contributed by atoms with Gasteiger partial charge in [-0.1, -0.05) is 23.8 Å². The fourth-order valence-electron chi connectivity index (χ4n) is 1.28. The van der Waals surface area contributed by atoms with Gasteiger partial charge in [0.15, 0.2) is 6.04 Å². The summed E-state index contributed by atoms with van der Waals surface area (Å²) >= 11 is 0. The van der Waals surface area contributed by atoms with Crippen LogP contribution in [0.1, 0.15) is 22.7 Å². The molecule has 0 heterocycles. The first-order valence-electron chi connectivity index (χ1n) is 4.22. The van der Waals surface area contributed by atoms with Gasteiger partial charge in [-0.3, -0.25) is 0 Å². The molecule has 1 unspecified atom stereocenters. The fraction of sp³-hybridized carbons (Fsp3) is 0.273. The van der Waals surface area contributed by atoms with Crippen molar-refractivity contribution in [3.8, 4) is 6.07 Å². The van der Waals surface area contributed by atoms with Gasteiger partial charge in [0.2, 0.25) is 6.08 Å². The molecule has 0 aliphatic heterocycles. The average molecular weight is 186 g/mol. The van der Waals surface area contributed by atoms with E-state index in [1.165, 1.54) is 6.08 Å². The molecule has 0 amide bonds. The van der Waals surface area contributed by atoms with Crippen LogP contribution in [0.5, 0.6) is 0 Å². The summed E-state index contributed by atoms with van der Waals surface area (Å²) in [6, 6.07) is 6.96. The minimum Gasteiger partial charge on any atom is -0.211 e. The first-order valence-corrected chi connectivity index (χ1v) is 4.22. The highest BCUT2D eigenvalue weighted by molar-refractivity contribution is 5.41. The standard InChI is InChI=1S/C11H10N2O/c1-8-3-4-9(2)10(5-8)11(6-12)13-7-14/h3-5,11H,1-2H3. The zero-order valence-corrected chi connectivity index (χ0v) is 8.11. The third-order valence-corrected chi connectivity index (χ3v) is 2.03. The van der Waals surface area contributed by atoms with Gasteiger partial charge in [0.05, 0.1) is 6.07 Å². The van der Waals surface area contributed by atoms with Crippen LogP contribution in [0, 0.1) is 25.2 Å². The van der Waals surface area contributed by atoms with Gasteiger partial charge in [-0.15, -0.1) is 0 Å². The molecular formula is C11H10N2O. The van der Waals surface area contributed by atoms with Crippen LogP contribution in [0.25, 0.3) is 0 Å². The van der Waals surface area contributed by atoms with Gasteiger partial charge in [0.1, 0.15) is 0 Å². The number of rotatable bonds is 2. The topological polar surface area (TPSA) is 53.2 Å². The number of benzene rings is 1. The Bertz CT molecular complexity index is 425. The van der Waals surface area contributed by atoms with Gasteiger partial charge >= 0.3 is 0 Å². The molecule has 3 nitrogen and oxygen atoms in total. The molecule has 0 radical (unpaired) electrons. The van der Waals surface area contributed by atoms with Crippen LogP contribution in [0.2, 0.25) is 0 Å². The summed E-state index contributed by atoms with van der Waals surface area (Å²) in [5.41, 5.74) is 2.78. The van der Waals surface area contributed by atoms with Crippen molar-refractivity contribution in [2.45, 2.75) is 19.9 Å². The van der Waals surface area contributed by atoms with E-state index >= 15 is 0 Å². The molecule has 0 saturated carbocycles. The SMILES string of the molecule is Cc1ccc(C)c(C(C#N)N=C=O)c1. The smallest absolute Gasteiger partial charge is 0.211 e.